The van der Waals surface area contributed by atoms with Gasteiger partial charge >= 0.3 is 12.3 Å². The van der Waals surface area contributed by atoms with E-state index in [4.69, 9.17) is 30.0 Å². The Morgan fingerprint density at radius 3 is 1.07 bits per heavy atom. The molecule has 0 rings (SSSR count). The Balaban J connectivity index is -0.0000000482. The second-order valence-electron chi connectivity index (χ2n) is 1.13. The smallest absolute Gasteiger partial charge is 0.450 e. The summed E-state index contributed by atoms with van der Waals surface area (Å²) in [7, 11) is 0. The van der Waals surface area contributed by atoms with Crippen LogP contribution in [0.15, 0.2) is 25.6 Å². The van der Waals surface area contributed by atoms with Gasteiger partial charge in [0.05, 0.1) is 6.33 Å². The first-order valence-electron chi connectivity index (χ1n) is 2.91. The molecule has 0 aromatic carbocycles. The molecule has 0 aromatic rings. The SMILES string of the molecule is C=CC.C=CF.O=C(O)O.O=C(O)O. The lowest BCUT2D eigenvalue weighted by molar-refractivity contribution is 0.135. The van der Waals surface area contributed by atoms with Crippen molar-refractivity contribution in [3.63, 3.8) is 0 Å². The summed E-state index contributed by atoms with van der Waals surface area (Å²) in [5.74, 6) is 0. The fraction of sp³-hybridized carbons (Fsp3) is 0.143. The molecule has 0 radical (unpaired) electrons. The van der Waals surface area contributed by atoms with Crippen molar-refractivity contribution in [1.29, 1.82) is 0 Å². The maximum atomic E-state index is 10.1. The summed E-state index contributed by atoms with van der Waals surface area (Å²) in [5.41, 5.74) is 0. The second kappa shape index (κ2) is 30.6. The summed E-state index contributed by atoms with van der Waals surface area (Å²) in [6.45, 7) is 7.94. The van der Waals surface area contributed by atoms with Crippen LogP contribution in [0.2, 0.25) is 0 Å². The lowest BCUT2D eigenvalue weighted by atomic mass is 10.8. The lowest BCUT2D eigenvalue weighted by Gasteiger charge is -1.60. The van der Waals surface area contributed by atoms with Gasteiger partial charge in [0.1, 0.15) is 0 Å². The first-order chi connectivity index (χ1) is 6.29. The van der Waals surface area contributed by atoms with Crippen molar-refractivity contribution >= 4 is 12.3 Å². The number of allylic oxidation sites excluding steroid dienone is 1. The molecule has 6 nitrogen and oxygen atoms in total. The van der Waals surface area contributed by atoms with Gasteiger partial charge in [-0.05, 0) is 6.92 Å². The van der Waals surface area contributed by atoms with Crippen molar-refractivity contribution in [2.75, 3.05) is 0 Å². The fourth-order valence-corrected chi connectivity index (χ4v) is 0. The van der Waals surface area contributed by atoms with Crippen molar-refractivity contribution in [3.05, 3.63) is 25.6 Å². The van der Waals surface area contributed by atoms with Crippen molar-refractivity contribution in [2.45, 2.75) is 6.92 Å². The van der Waals surface area contributed by atoms with Crippen molar-refractivity contribution in [3.8, 4) is 0 Å². The molecule has 0 unspecified atom stereocenters. The van der Waals surface area contributed by atoms with Gasteiger partial charge in [-0.3, -0.25) is 0 Å². The number of halogens is 1. The van der Waals surface area contributed by atoms with E-state index in [1.807, 2.05) is 6.92 Å². The minimum atomic E-state index is -1.83. The molecule has 0 atom stereocenters. The zero-order valence-electron chi connectivity index (χ0n) is 7.55. The van der Waals surface area contributed by atoms with Crippen LogP contribution in [0.4, 0.5) is 14.0 Å². The molecule has 84 valence electrons. The molecule has 0 saturated carbocycles. The van der Waals surface area contributed by atoms with Crippen LogP contribution < -0.4 is 0 Å². The minimum absolute atomic E-state index is 0.250. The standard InChI is InChI=1S/C3H6.C2H3F.2CH2O3/c1-3-2;1-2-3;2*2-1(3)4/h3H,1H2,2H3;2H,1H2;2*(H2,2,3,4). The van der Waals surface area contributed by atoms with Crippen LogP contribution in [0, 0.1) is 0 Å². The Labute approximate surface area is 80.2 Å². The predicted molar refractivity (Wildman–Crippen MR) is 48.5 cm³/mol. The summed E-state index contributed by atoms with van der Waals surface area (Å²) >= 11 is 0. The highest BCUT2D eigenvalue weighted by Gasteiger charge is 1.70. The van der Waals surface area contributed by atoms with Crippen molar-refractivity contribution < 1.29 is 34.4 Å². The van der Waals surface area contributed by atoms with E-state index >= 15 is 0 Å². The average molecular weight is 212 g/mol. The number of hydrogen-bond acceptors (Lipinski definition) is 2. The number of carboxylic acid groups (broad SMARTS) is 4. The molecule has 0 aliphatic heterocycles. The van der Waals surface area contributed by atoms with E-state index in [-0.39, 0.29) is 6.33 Å². The van der Waals surface area contributed by atoms with Crippen LogP contribution >= 0.6 is 0 Å². The van der Waals surface area contributed by atoms with Gasteiger partial charge in [-0.1, -0.05) is 12.7 Å². The lowest BCUT2D eigenvalue weighted by Crippen LogP contribution is -1.81. The van der Waals surface area contributed by atoms with Gasteiger partial charge < -0.3 is 20.4 Å². The highest BCUT2D eigenvalue weighted by Crippen LogP contribution is 1.48. The molecule has 0 bridgehead atoms. The first-order valence-corrected chi connectivity index (χ1v) is 2.91. The molecule has 0 saturated heterocycles. The third-order valence-electron chi connectivity index (χ3n) is 0. The molecule has 7 heteroatoms. The zero-order chi connectivity index (χ0) is 12.6. The van der Waals surface area contributed by atoms with Gasteiger partial charge in [-0.25, -0.2) is 14.0 Å². The Morgan fingerprint density at radius 2 is 1.07 bits per heavy atom. The van der Waals surface area contributed by atoms with Crippen LogP contribution in [0.5, 0.6) is 0 Å². The molecular weight excluding hydrogens is 199 g/mol. The summed E-state index contributed by atoms with van der Waals surface area (Å²) in [5, 5.41) is 27.9. The van der Waals surface area contributed by atoms with Gasteiger partial charge in [0, 0.05) is 0 Å². The van der Waals surface area contributed by atoms with Crippen molar-refractivity contribution in [1.82, 2.24) is 0 Å². The molecule has 0 aromatic heterocycles. The molecule has 0 spiro atoms. The van der Waals surface area contributed by atoms with Gasteiger partial charge in [0.25, 0.3) is 0 Å². The molecule has 14 heavy (non-hydrogen) atoms. The Bertz CT molecular complexity index is 130. The Hall–Kier alpha value is -2.05. The monoisotopic (exact) mass is 212 g/mol. The average Bonchev–Trinajstić information content (AvgIpc) is 1.85. The van der Waals surface area contributed by atoms with E-state index in [0.29, 0.717) is 0 Å². The highest BCUT2D eigenvalue weighted by molar-refractivity contribution is 5.53. The first kappa shape index (κ1) is 22.7. The van der Waals surface area contributed by atoms with Crippen LogP contribution in [-0.4, -0.2) is 32.7 Å². The van der Waals surface area contributed by atoms with Crippen LogP contribution in [-0.2, 0) is 0 Å². The molecule has 4 N–H and O–H groups in total. The summed E-state index contributed by atoms with van der Waals surface area (Å²) in [6.07, 6.45) is -1.67. The number of rotatable bonds is 0. The normalized spacial score (nSPS) is 5.29. The molecular formula is C7H13FO6. The molecule has 0 heterocycles. The summed E-state index contributed by atoms with van der Waals surface area (Å²) in [4.78, 5) is 17.1. The van der Waals surface area contributed by atoms with E-state index in [2.05, 4.69) is 13.2 Å². The topological polar surface area (TPSA) is 115 Å². The summed E-state index contributed by atoms with van der Waals surface area (Å²) in [6, 6.07) is 0. The van der Waals surface area contributed by atoms with E-state index < -0.39 is 12.3 Å². The van der Waals surface area contributed by atoms with Crippen LogP contribution in [0.25, 0.3) is 0 Å². The largest absolute Gasteiger partial charge is 0.503 e. The van der Waals surface area contributed by atoms with Gasteiger partial charge in [-0.15, -0.1) is 6.58 Å². The van der Waals surface area contributed by atoms with Crippen molar-refractivity contribution in [2.24, 2.45) is 0 Å². The van der Waals surface area contributed by atoms with E-state index in [1.165, 1.54) is 0 Å². The van der Waals surface area contributed by atoms with E-state index in [1.54, 1.807) is 6.08 Å². The van der Waals surface area contributed by atoms with Gasteiger partial charge in [0.15, 0.2) is 0 Å². The van der Waals surface area contributed by atoms with Gasteiger partial charge in [-0.2, -0.15) is 0 Å². The Morgan fingerprint density at radius 1 is 1.07 bits per heavy atom. The zero-order valence-corrected chi connectivity index (χ0v) is 7.55. The maximum Gasteiger partial charge on any atom is 0.503 e. The second-order valence-corrected chi connectivity index (χ2v) is 1.13. The summed E-state index contributed by atoms with van der Waals surface area (Å²) < 4.78 is 10.1. The molecule has 0 fully saturated rings. The third-order valence-corrected chi connectivity index (χ3v) is 0. The van der Waals surface area contributed by atoms with E-state index in [0.717, 1.165) is 0 Å². The highest BCUT2D eigenvalue weighted by atomic mass is 19.1. The number of carbonyl (C=O) groups is 2. The van der Waals surface area contributed by atoms with Gasteiger partial charge in [0.2, 0.25) is 0 Å². The molecule has 0 aliphatic rings. The van der Waals surface area contributed by atoms with Crippen LogP contribution in [0.1, 0.15) is 6.92 Å². The quantitative estimate of drug-likeness (QED) is 0.459. The molecule has 0 amide bonds. The molecule has 0 aliphatic carbocycles. The van der Waals surface area contributed by atoms with E-state index in [9.17, 15) is 4.39 Å². The predicted octanol–water partition coefficient (Wildman–Crippen LogP) is 2.74. The maximum absolute atomic E-state index is 10.1. The Kier molecular flexibility index (Phi) is 49.6. The fourth-order valence-electron chi connectivity index (χ4n) is 0. The minimum Gasteiger partial charge on any atom is -0.450 e. The third kappa shape index (κ3) is 190. The number of hydrogen-bond donors (Lipinski definition) is 4. The van der Waals surface area contributed by atoms with Crippen LogP contribution in [0.3, 0.4) is 0 Å².